The lowest BCUT2D eigenvalue weighted by molar-refractivity contribution is -0.875. The molecule has 0 aliphatic rings. The van der Waals surface area contributed by atoms with Crippen LogP contribution in [0.1, 0.15) is 129 Å². The molecule has 1 atom stereocenters. The van der Waals surface area contributed by atoms with Crippen molar-refractivity contribution in [2.45, 2.75) is 134 Å². The maximum Gasteiger partial charge on any atom is 0.362 e. The molecule has 1 unspecified atom stereocenters. The Bertz CT molecular complexity index is 594. The predicted molar refractivity (Wildman–Crippen MR) is 152 cm³/mol. The second kappa shape index (κ2) is 20.6. The summed E-state index contributed by atoms with van der Waals surface area (Å²) in [5, 5.41) is 8.65. The lowest BCUT2D eigenvalue weighted by atomic mass is 10.0. The highest BCUT2D eigenvalue weighted by Gasteiger charge is 2.48. The van der Waals surface area contributed by atoms with E-state index in [9.17, 15) is 19.5 Å². The summed E-state index contributed by atoms with van der Waals surface area (Å²) in [6.45, 7) is 2.28. The van der Waals surface area contributed by atoms with E-state index in [1.807, 2.05) is 21.1 Å². The summed E-state index contributed by atoms with van der Waals surface area (Å²) in [7, 11) is 0.971. The van der Waals surface area contributed by atoms with Crippen LogP contribution in [-0.4, -0.2) is 52.4 Å². The lowest BCUT2D eigenvalue weighted by Crippen LogP contribution is -2.49. The van der Waals surface area contributed by atoms with Crippen molar-refractivity contribution in [2.75, 3.05) is 27.7 Å². The van der Waals surface area contributed by atoms with Crippen molar-refractivity contribution in [3.05, 3.63) is 24.3 Å². The number of aliphatic hydroxyl groups is 1. The van der Waals surface area contributed by atoms with E-state index in [1.54, 1.807) is 0 Å². The van der Waals surface area contributed by atoms with Gasteiger partial charge in [-0.1, -0.05) is 95.4 Å². The highest BCUT2D eigenvalue weighted by Crippen LogP contribution is 2.52. The molecular formula is C29H59NO4P+. The van der Waals surface area contributed by atoms with Crippen molar-refractivity contribution in [1.29, 1.82) is 0 Å². The topological polar surface area (TPSA) is 77.8 Å². The number of hydrogen-bond acceptors (Lipinski definition) is 2. The van der Waals surface area contributed by atoms with Crippen molar-refractivity contribution in [3.63, 3.8) is 0 Å². The van der Waals surface area contributed by atoms with E-state index in [0.717, 1.165) is 19.3 Å². The summed E-state index contributed by atoms with van der Waals surface area (Å²) >= 11 is 0. The Morgan fingerprint density at radius 1 is 0.629 bits per heavy atom. The van der Waals surface area contributed by atoms with E-state index in [2.05, 4.69) is 31.2 Å². The largest absolute Gasteiger partial charge is 0.373 e. The molecule has 0 amide bonds. The van der Waals surface area contributed by atoms with Crippen molar-refractivity contribution < 1.29 is 23.9 Å². The second-order valence-electron chi connectivity index (χ2n) is 11.4. The molecule has 5 nitrogen and oxygen atoms in total. The van der Waals surface area contributed by atoms with Gasteiger partial charge in [-0.05, 0) is 57.8 Å². The monoisotopic (exact) mass is 516 g/mol. The first-order chi connectivity index (χ1) is 16.5. The number of unbranched alkanes of at least 4 members (excludes halogenated alkanes) is 15. The van der Waals surface area contributed by atoms with Crippen LogP contribution >= 0.6 is 7.60 Å². The van der Waals surface area contributed by atoms with E-state index in [1.165, 1.54) is 89.9 Å². The van der Waals surface area contributed by atoms with E-state index in [-0.39, 0.29) is 13.0 Å². The SMILES string of the molecule is CCC/C=C\CCCCCCCC/C=C\CCCCCCCCCC(O)(C[N+](C)(C)C)P(=O)(O)O. The van der Waals surface area contributed by atoms with Crippen molar-refractivity contribution >= 4 is 7.60 Å². The summed E-state index contributed by atoms with van der Waals surface area (Å²) in [4.78, 5) is 19.2. The normalized spacial score (nSPS) is 14.8. The van der Waals surface area contributed by atoms with Crippen LogP contribution in [-0.2, 0) is 4.57 Å². The third-order valence-corrected chi connectivity index (χ3v) is 7.95. The molecule has 0 aromatic heterocycles. The minimum atomic E-state index is -4.55. The number of allylic oxidation sites excluding steroid dienone is 4. The standard InChI is InChI=1S/C29H58NO4P/c1-5-6-7-8-9-10-11-12-13-14-15-16-17-18-19-20-21-22-23-24-25-26-27-29(31,35(32,33)34)28-30(2,3)4/h7-8,17-18,31H,5-6,9-16,19-28H2,1-4H3,(H-,32,33,34)/p+1/b8-7-,18-17-. The van der Waals surface area contributed by atoms with Gasteiger partial charge in [-0.2, -0.15) is 0 Å². The van der Waals surface area contributed by atoms with Gasteiger partial charge in [0.2, 0.25) is 5.34 Å². The zero-order valence-electron chi connectivity index (χ0n) is 23.6. The van der Waals surface area contributed by atoms with Crippen LogP contribution in [0, 0.1) is 0 Å². The third kappa shape index (κ3) is 21.4. The van der Waals surface area contributed by atoms with Crippen LogP contribution in [0.4, 0.5) is 0 Å². The van der Waals surface area contributed by atoms with Gasteiger partial charge in [0.25, 0.3) is 0 Å². The lowest BCUT2D eigenvalue weighted by Gasteiger charge is -2.35. The first-order valence-electron chi connectivity index (χ1n) is 14.4. The van der Waals surface area contributed by atoms with E-state index >= 15 is 0 Å². The Morgan fingerprint density at radius 3 is 1.31 bits per heavy atom. The first-order valence-corrected chi connectivity index (χ1v) is 16.0. The average Bonchev–Trinajstić information content (AvgIpc) is 2.75. The molecule has 0 aliphatic carbocycles. The number of quaternary nitrogens is 1. The molecule has 35 heavy (non-hydrogen) atoms. The van der Waals surface area contributed by atoms with Crippen LogP contribution in [0.25, 0.3) is 0 Å². The molecule has 0 rings (SSSR count). The van der Waals surface area contributed by atoms with Crippen LogP contribution in [0.15, 0.2) is 24.3 Å². The minimum absolute atomic E-state index is 0.0576. The van der Waals surface area contributed by atoms with Crippen molar-refractivity contribution in [3.8, 4) is 0 Å². The van der Waals surface area contributed by atoms with E-state index in [4.69, 9.17) is 0 Å². The minimum Gasteiger partial charge on any atom is -0.373 e. The second-order valence-corrected chi connectivity index (χ2v) is 13.3. The van der Waals surface area contributed by atoms with Crippen LogP contribution in [0.3, 0.4) is 0 Å². The van der Waals surface area contributed by atoms with Crippen LogP contribution in [0.5, 0.6) is 0 Å². The maximum absolute atomic E-state index is 11.8. The van der Waals surface area contributed by atoms with Crippen LogP contribution in [0.2, 0.25) is 0 Å². The Kier molecular flexibility index (Phi) is 20.3. The number of rotatable bonds is 24. The molecule has 208 valence electrons. The van der Waals surface area contributed by atoms with Gasteiger partial charge in [-0.3, -0.25) is 4.57 Å². The fourth-order valence-electron chi connectivity index (χ4n) is 4.50. The van der Waals surface area contributed by atoms with Gasteiger partial charge >= 0.3 is 7.60 Å². The summed E-state index contributed by atoms with van der Waals surface area (Å²) in [5.74, 6) is 0. The maximum atomic E-state index is 11.8. The Labute approximate surface area is 217 Å². The molecule has 0 aromatic rings. The fraction of sp³-hybridized carbons (Fsp3) is 0.862. The quantitative estimate of drug-likeness (QED) is 0.0524. The summed E-state index contributed by atoms with van der Waals surface area (Å²) in [5.41, 5.74) is 0. The van der Waals surface area contributed by atoms with Gasteiger partial charge in [0, 0.05) is 0 Å². The van der Waals surface area contributed by atoms with Gasteiger partial charge in [0.05, 0.1) is 21.1 Å². The van der Waals surface area contributed by atoms with Gasteiger partial charge in [0.1, 0.15) is 6.54 Å². The zero-order chi connectivity index (χ0) is 26.5. The van der Waals surface area contributed by atoms with E-state index < -0.39 is 12.9 Å². The van der Waals surface area contributed by atoms with Gasteiger partial charge in [-0.15, -0.1) is 0 Å². The Morgan fingerprint density at radius 2 is 0.971 bits per heavy atom. The van der Waals surface area contributed by atoms with Crippen LogP contribution < -0.4 is 0 Å². The van der Waals surface area contributed by atoms with Gasteiger partial charge in [-0.25, -0.2) is 0 Å². The number of nitrogens with zero attached hydrogens (tertiary/aromatic N) is 1. The summed E-state index contributed by atoms with van der Waals surface area (Å²) < 4.78 is 12.1. The van der Waals surface area contributed by atoms with E-state index in [0.29, 0.717) is 10.9 Å². The number of likely N-dealkylation sites (N-methyl/N-ethyl adjacent to an activating group) is 1. The highest BCUT2D eigenvalue weighted by atomic mass is 31.2. The molecule has 0 saturated carbocycles. The predicted octanol–water partition coefficient (Wildman–Crippen LogP) is 8.10. The molecule has 0 radical (unpaired) electrons. The van der Waals surface area contributed by atoms with Crippen molar-refractivity contribution in [2.24, 2.45) is 0 Å². The smallest absolute Gasteiger partial charge is 0.362 e. The molecule has 0 saturated heterocycles. The zero-order valence-corrected chi connectivity index (χ0v) is 24.5. The number of hydrogen-bond donors (Lipinski definition) is 3. The average molecular weight is 517 g/mol. The molecule has 0 aromatic carbocycles. The molecular weight excluding hydrogens is 457 g/mol. The Balaban J connectivity index is 3.55. The molecule has 0 aliphatic heterocycles. The Hall–Kier alpha value is -0.450. The fourth-order valence-corrected chi connectivity index (χ4v) is 5.56. The third-order valence-electron chi connectivity index (χ3n) is 6.50. The molecule has 6 heteroatoms. The summed E-state index contributed by atoms with van der Waals surface area (Å²) in [6.07, 6.45) is 31.3. The van der Waals surface area contributed by atoms with Gasteiger partial charge < -0.3 is 19.4 Å². The first kappa shape index (κ1) is 34.6. The molecule has 0 spiro atoms. The highest BCUT2D eigenvalue weighted by molar-refractivity contribution is 7.53. The summed E-state index contributed by atoms with van der Waals surface area (Å²) in [6, 6.07) is 0. The molecule has 3 N–H and O–H groups in total. The van der Waals surface area contributed by atoms with Gasteiger partial charge in [0.15, 0.2) is 0 Å². The molecule has 0 fully saturated rings. The molecule has 0 bridgehead atoms. The van der Waals surface area contributed by atoms with Crippen molar-refractivity contribution in [1.82, 2.24) is 0 Å². The molecule has 0 heterocycles.